The summed E-state index contributed by atoms with van der Waals surface area (Å²) in [4.78, 5) is 10.9. The molecule has 0 unspecified atom stereocenters. The number of hydrogen-bond acceptors (Lipinski definition) is 3. The maximum Gasteiger partial charge on any atom is 0.309 e. The van der Waals surface area contributed by atoms with Crippen molar-refractivity contribution in [3.05, 3.63) is 11.8 Å². The van der Waals surface area contributed by atoms with Crippen LogP contribution in [0.15, 0.2) is 6.07 Å². The summed E-state index contributed by atoms with van der Waals surface area (Å²) in [6.45, 7) is 3.33. The average molecular weight is 197 g/mol. The summed E-state index contributed by atoms with van der Waals surface area (Å²) in [5.74, 6) is -0.289. The van der Waals surface area contributed by atoms with Gasteiger partial charge in [0, 0.05) is 19.5 Å². The number of nitrogen functional groups attached to an aromatic ring is 1. The number of aryl methyl sites for hydroxylation is 1. The summed E-state index contributed by atoms with van der Waals surface area (Å²) in [6.07, 6.45) is 0.382. The number of rotatable bonds is 3. The van der Waals surface area contributed by atoms with Gasteiger partial charge in [0.1, 0.15) is 5.82 Å². The van der Waals surface area contributed by atoms with Crippen LogP contribution in [0.1, 0.15) is 19.5 Å². The van der Waals surface area contributed by atoms with Gasteiger partial charge in [-0.25, -0.2) is 0 Å². The topological polar surface area (TPSA) is 81.1 Å². The van der Waals surface area contributed by atoms with Gasteiger partial charge in [0.05, 0.1) is 11.1 Å². The Morgan fingerprint density at radius 1 is 1.71 bits per heavy atom. The molecule has 1 heterocycles. The Labute approximate surface area is 82.5 Å². The smallest absolute Gasteiger partial charge is 0.309 e. The molecule has 0 saturated heterocycles. The van der Waals surface area contributed by atoms with Crippen LogP contribution in [-0.4, -0.2) is 20.9 Å². The monoisotopic (exact) mass is 197 g/mol. The van der Waals surface area contributed by atoms with E-state index in [2.05, 4.69) is 5.10 Å². The molecule has 0 aromatic carbocycles. The van der Waals surface area contributed by atoms with E-state index in [0.717, 1.165) is 0 Å². The molecule has 0 aliphatic heterocycles. The molecule has 78 valence electrons. The number of aromatic nitrogens is 2. The molecular weight excluding hydrogens is 182 g/mol. The molecule has 1 aromatic rings. The van der Waals surface area contributed by atoms with Crippen molar-refractivity contribution in [1.82, 2.24) is 9.78 Å². The fraction of sp³-hybridized carbons (Fsp3) is 0.556. The van der Waals surface area contributed by atoms with E-state index >= 15 is 0 Å². The van der Waals surface area contributed by atoms with Gasteiger partial charge in [-0.1, -0.05) is 0 Å². The molecule has 3 N–H and O–H groups in total. The fourth-order valence-electron chi connectivity index (χ4n) is 1.16. The van der Waals surface area contributed by atoms with Crippen LogP contribution >= 0.6 is 0 Å². The van der Waals surface area contributed by atoms with Gasteiger partial charge < -0.3 is 10.8 Å². The van der Waals surface area contributed by atoms with E-state index in [4.69, 9.17) is 10.8 Å². The molecule has 1 aromatic heterocycles. The molecule has 0 amide bonds. The third-order valence-electron chi connectivity index (χ3n) is 2.17. The van der Waals surface area contributed by atoms with Gasteiger partial charge in [0.25, 0.3) is 0 Å². The molecule has 0 saturated carbocycles. The van der Waals surface area contributed by atoms with Crippen molar-refractivity contribution in [1.29, 1.82) is 0 Å². The second-order valence-corrected chi connectivity index (χ2v) is 4.05. The number of nitrogens with zero attached hydrogens (tertiary/aromatic N) is 2. The van der Waals surface area contributed by atoms with E-state index in [1.54, 1.807) is 27.0 Å². The van der Waals surface area contributed by atoms with Crippen LogP contribution in [0.5, 0.6) is 0 Å². The number of anilines is 1. The third kappa shape index (κ3) is 2.04. The quantitative estimate of drug-likeness (QED) is 0.745. The van der Waals surface area contributed by atoms with E-state index < -0.39 is 11.4 Å². The summed E-state index contributed by atoms with van der Waals surface area (Å²) in [7, 11) is 1.73. The maximum atomic E-state index is 10.9. The molecule has 0 spiro atoms. The van der Waals surface area contributed by atoms with E-state index in [1.165, 1.54) is 4.68 Å². The summed E-state index contributed by atoms with van der Waals surface area (Å²) in [5.41, 5.74) is 5.49. The highest BCUT2D eigenvalue weighted by molar-refractivity contribution is 5.73. The minimum absolute atomic E-state index is 0.382. The second-order valence-electron chi connectivity index (χ2n) is 4.05. The molecular formula is C9H15N3O2. The molecule has 1 rings (SSSR count). The highest BCUT2D eigenvalue weighted by Gasteiger charge is 2.28. The normalized spacial score (nSPS) is 11.6. The first kappa shape index (κ1) is 10.6. The highest BCUT2D eigenvalue weighted by atomic mass is 16.4. The van der Waals surface area contributed by atoms with Gasteiger partial charge in [-0.2, -0.15) is 5.10 Å². The lowest BCUT2D eigenvalue weighted by Crippen LogP contribution is -2.26. The number of carboxylic acid groups (broad SMARTS) is 1. The Morgan fingerprint density at radius 3 is 2.64 bits per heavy atom. The molecule has 14 heavy (non-hydrogen) atoms. The van der Waals surface area contributed by atoms with Crippen molar-refractivity contribution in [2.75, 3.05) is 5.73 Å². The van der Waals surface area contributed by atoms with Gasteiger partial charge in [-0.3, -0.25) is 9.48 Å². The Kier molecular flexibility index (Phi) is 2.51. The summed E-state index contributed by atoms with van der Waals surface area (Å²) >= 11 is 0. The first-order chi connectivity index (χ1) is 6.33. The largest absolute Gasteiger partial charge is 0.481 e. The molecule has 5 heteroatoms. The number of carbonyl (C=O) groups is 1. The molecule has 0 radical (unpaired) electrons. The van der Waals surface area contributed by atoms with Crippen molar-refractivity contribution in [3.8, 4) is 0 Å². The summed E-state index contributed by atoms with van der Waals surface area (Å²) < 4.78 is 1.53. The van der Waals surface area contributed by atoms with Gasteiger partial charge in [-0.05, 0) is 13.8 Å². The summed E-state index contributed by atoms with van der Waals surface area (Å²) in [5, 5.41) is 13.0. The van der Waals surface area contributed by atoms with Gasteiger partial charge in [0.2, 0.25) is 0 Å². The first-order valence-corrected chi connectivity index (χ1v) is 4.35. The lowest BCUT2D eigenvalue weighted by atomic mass is 9.88. The molecule has 0 aliphatic rings. The van der Waals surface area contributed by atoms with Crippen LogP contribution in [-0.2, 0) is 18.3 Å². The number of hydrogen-bond donors (Lipinski definition) is 2. The third-order valence-corrected chi connectivity index (χ3v) is 2.17. The van der Waals surface area contributed by atoms with Crippen LogP contribution < -0.4 is 5.73 Å². The SMILES string of the molecule is Cn1nc(CC(C)(C)C(=O)O)cc1N. The van der Waals surface area contributed by atoms with Crippen molar-refractivity contribution >= 4 is 11.8 Å². The second kappa shape index (κ2) is 3.32. The maximum absolute atomic E-state index is 10.9. The van der Waals surface area contributed by atoms with E-state index in [9.17, 15) is 4.79 Å². The molecule has 0 atom stereocenters. The Balaban J connectivity index is 2.84. The van der Waals surface area contributed by atoms with Crippen LogP contribution in [0, 0.1) is 5.41 Å². The Morgan fingerprint density at radius 2 is 2.29 bits per heavy atom. The highest BCUT2D eigenvalue weighted by Crippen LogP contribution is 2.22. The number of aliphatic carboxylic acids is 1. The minimum atomic E-state index is -0.832. The van der Waals surface area contributed by atoms with Gasteiger partial charge in [-0.15, -0.1) is 0 Å². The zero-order valence-corrected chi connectivity index (χ0v) is 8.61. The lowest BCUT2D eigenvalue weighted by molar-refractivity contribution is -0.146. The zero-order chi connectivity index (χ0) is 10.9. The fourth-order valence-corrected chi connectivity index (χ4v) is 1.16. The minimum Gasteiger partial charge on any atom is -0.481 e. The zero-order valence-electron chi connectivity index (χ0n) is 8.61. The summed E-state index contributed by atoms with van der Waals surface area (Å²) in [6, 6.07) is 1.70. The van der Waals surface area contributed by atoms with E-state index in [-0.39, 0.29) is 0 Å². The van der Waals surface area contributed by atoms with Crippen LogP contribution in [0.3, 0.4) is 0 Å². The van der Waals surface area contributed by atoms with Gasteiger partial charge >= 0.3 is 5.97 Å². The van der Waals surface area contributed by atoms with Gasteiger partial charge in [0.15, 0.2) is 0 Å². The van der Waals surface area contributed by atoms with Crippen LogP contribution in [0.2, 0.25) is 0 Å². The Bertz CT molecular complexity index is 335. The average Bonchev–Trinajstić information content (AvgIpc) is 2.29. The standard InChI is InChI=1S/C9H15N3O2/c1-9(2,8(13)14)5-6-4-7(10)12(3)11-6/h4H,5,10H2,1-3H3,(H,13,14). The molecule has 0 aliphatic carbocycles. The lowest BCUT2D eigenvalue weighted by Gasteiger charge is -2.16. The molecule has 5 nitrogen and oxygen atoms in total. The van der Waals surface area contributed by atoms with Crippen molar-refractivity contribution < 1.29 is 9.90 Å². The predicted molar refractivity (Wildman–Crippen MR) is 52.7 cm³/mol. The first-order valence-electron chi connectivity index (χ1n) is 4.35. The predicted octanol–water partition coefficient (Wildman–Crippen LogP) is 0.656. The van der Waals surface area contributed by atoms with Crippen LogP contribution in [0.25, 0.3) is 0 Å². The number of carboxylic acids is 1. The van der Waals surface area contributed by atoms with Crippen molar-refractivity contribution in [3.63, 3.8) is 0 Å². The van der Waals surface area contributed by atoms with E-state index in [0.29, 0.717) is 17.9 Å². The Hall–Kier alpha value is -1.52. The molecule has 0 fully saturated rings. The molecule has 0 bridgehead atoms. The van der Waals surface area contributed by atoms with Crippen LogP contribution in [0.4, 0.5) is 5.82 Å². The number of nitrogens with two attached hydrogens (primary N) is 1. The van der Waals surface area contributed by atoms with Crippen molar-refractivity contribution in [2.24, 2.45) is 12.5 Å². The van der Waals surface area contributed by atoms with E-state index in [1.807, 2.05) is 0 Å². The van der Waals surface area contributed by atoms with Crippen molar-refractivity contribution in [2.45, 2.75) is 20.3 Å².